The zero-order chi connectivity index (χ0) is 20.0. The van der Waals surface area contributed by atoms with Gasteiger partial charge in [-0.1, -0.05) is 18.2 Å². The molecule has 2 rings (SSSR count). The molecule has 0 bridgehead atoms. The zero-order valence-electron chi connectivity index (χ0n) is 16.3. The molecular weight excluding hydrogens is 361 g/mol. The van der Waals surface area contributed by atoms with Crippen molar-refractivity contribution in [1.82, 2.24) is 5.32 Å². The van der Waals surface area contributed by atoms with Crippen molar-refractivity contribution in [1.29, 1.82) is 0 Å². The molecule has 2 aromatic rings. The van der Waals surface area contributed by atoms with Crippen molar-refractivity contribution >= 4 is 23.5 Å². The highest BCUT2D eigenvalue weighted by Crippen LogP contribution is 2.26. The molecule has 0 unspecified atom stereocenters. The second kappa shape index (κ2) is 9.70. The summed E-state index contributed by atoms with van der Waals surface area (Å²) in [5.74, 6) is 0.870. The van der Waals surface area contributed by atoms with Crippen LogP contribution >= 0.6 is 11.8 Å². The minimum Gasteiger partial charge on any atom is -0.355 e. The van der Waals surface area contributed by atoms with Crippen LogP contribution in [-0.4, -0.2) is 24.0 Å². The van der Waals surface area contributed by atoms with E-state index in [1.54, 1.807) is 30.8 Å². The van der Waals surface area contributed by atoms with Crippen LogP contribution in [0.5, 0.6) is 0 Å². The predicted octanol–water partition coefficient (Wildman–Crippen LogP) is 4.55. The van der Waals surface area contributed by atoms with Gasteiger partial charge in [0.2, 0.25) is 5.91 Å². The Labute approximate surface area is 164 Å². The quantitative estimate of drug-likeness (QED) is 0.676. The Morgan fingerprint density at radius 2 is 1.74 bits per heavy atom. The van der Waals surface area contributed by atoms with E-state index in [2.05, 4.69) is 5.32 Å². The number of aryl methyl sites for hydroxylation is 2. The van der Waals surface area contributed by atoms with Crippen molar-refractivity contribution in [2.45, 2.75) is 39.9 Å². The topological polar surface area (TPSA) is 46.2 Å². The Morgan fingerprint density at radius 3 is 2.37 bits per heavy atom. The molecule has 3 nitrogen and oxygen atoms in total. The van der Waals surface area contributed by atoms with E-state index >= 15 is 0 Å². The van der Waals surface area contributed by atoms with Crippen LogP contribution < -0.4 is 5.32 Å². The highest BCUT2D eigenvalue weighted by molar-refractivity contribution is 7.99. The first-order chi connectivity index (χ1) is 12.8. The summed E-state index contributed by atoms with van der Waals surface area (Å²) < 4.78 is 12.9. The van der Waals surface area contributed by atoms with Crippen molar-refractivity contribution in [3.05, 3.63) is 69.5 Å². The molecule has 27 heavy (non-hydrogen) atoms. The molecule has 0 aromatic heterocycles. The van der Waals surface area contributed by atoms with Crippen LogP contribution in [0, 0.1) is 26.6 Å². The minimum atomic E-state index is -0.256. The van der Waals surface area contributed by atoms with Gasteiger partial charge in [-0.3, -0.25) is 9.59 Å². The van der Waals surface area contributed by atoms with E-state index in [1.807, 2.05) is 26.8 Å². The fourth-order valence-electron chi connectivity index (χ4n) is 3.28. The number of thioether (sulfide) groups is 1. The van der Waals surface area contributed by atoms with Gasteiger partial charge in [-0.25, -0.2) is 4.39 Å². The predicted molar refractivity (Wildman–Crippen MR) is 110 cm³/mol. The molecule has 0 saturated carbocycles. The summed E-state index contributed by atoms with van der Waals surface area (Å²) in [6.07, 6.45) is 0.675. The van der Waals surface area contributed by atoms with Crippen LogP contribution in [0.15, 0.2) is 30.3 Å². The Hall–Kier alpha value is -2.14. The summed E-state index contributed by atoms with van der Waals surface area (Å²) in [6, 6.07) is 8.35. The van der Waals surface area contributed by atoms with E-state index < -0.39 is 0 Å². The summed E-state index contributed by atoms with van der Waals surface area (Å²) in [5.41, 5.74) is 6.09. The van der Waals surface area contributed by atoms with E-state index in [1.165, 1.54) is 12.1 Å². The molecule has 0 spiro atoms. The summed E-state index contributed by atoms with van der Waals surface area (Å²) in [7, 11) is 0. The van der Waals surface area contributed by atoms with Gasteiger partial charge in [-0.15, -0.1) is 11.8 Å². The number of hydrogen-bond acceptors (Lipinski definition) is 3. The largest absolute Gasteiger partial charge is 0.355 e. The fraction of sp³-hybridized carbons (Fsp3) is 0.364. The standard InChI is InChI=1S/C22H26FNO2S/c1-14-11-15(2)22(17(4)25)16(3)20(14)12-27-13-21(26)24-10-9-18-5-7-19(23)8-6-18/h5-8,11H,9-10,12-13H2,1-4H3,(H,24,26). The maximum absolute atomic E-state index is 12.9. The number of ketones is 1. The summed E-state index contributed by atoms with van der Waals surface area (Å²) in [6.45, 7) is 8.11. The monoisotopic (exact) mass is 387 g/mol. The third-order valence-electron chi connectivity index (χ3n) is 4.61. The highest BCUT2D eigenvalue weighted by atomic mass is 32.2. The van der Waals surface area contributed by atoms with Gasteiger partial charge in [0.05, 0.1) is 5.75 Å². The average Bonchev–Trinajstić information content (AvgIpc) is 2.59. The van der Waals surface area contributed by atoms with Crippen molar-refractivity contribution in [3.63, 3.8) is 0 Å². The maximum Gasteiger partial charge on any atom is 0.230 e. The van der Waals surface area contributed by atoms with Crippen LogP contribution in [0.2, 0.25) is 0 Å². The Morgan fingerprint density at radius 1 is 1.07 bits per heavy atom. The van der Waals surface area contributed by atoms with Gasteiger partial charge >= 0.3 is 0 Å². The first-order valence-electron chi connectivity index (χ1n) is 8.99. The van der Waals surface area contributed by atoms with Crippen LogP contribution in [0.4, 0.5) is 4.39 Å². The normalized spacial score (nSPS) is 10.7. The van der Waals surface area contributed by atoms with E-state index in [9.17, 15) is 14.0 Å². The SMILES string of the molecule is CC(=O)c1c(C)cc(C)c(CSCC(=O)NCCc2ccc(F)cc2)c1C. The molecule has 1 amide bonds. The highest BCUT2D eigenvalue weighted by Gasteiger charge is 2.14. The van der Waals surface area contributed by atoms with E-state index in [-0.39, 0.29) is 17.5 Å². The van der Waals surface area contributed by atoms with Gasteiger partial charge in [0, 0.05) is 17.9 Å². The summed E-state index contributed by atoms with van der Waals surface area (Å²) >= 11 is 1.54. The van der Waals surface area contributed by atoms with E-state index in [0.717, 1.165) is 33.4 Å². The molecule has 5 heteroatoms. The second-order valence-electron chi connectivity index (χ2n) is 6.76. The molecule has 0 atom stereocenters. The van der Waals surface area contributed by atoms with Crippen LogP contribution in [0.3, 0.4) is 0 Å². The Kier molecular flexibility index (Phi) is 7.60. The number of Topliss-reactive ketones (excluding diaryl/α,β-unsaturated/α-hetero) is 1. The zero-order valence-corrected chi connectivity index (χ0v) is 17.1. The second-order valence-corrected chi connectivity index (χ2v) is 7.75. The number of carbonyl (C=O) groups excluding carboxylic acids is 2. The van der Waals surface area contributed by atoms with Crippen molar-refractivity contribution in [2.75, 3.05) is 12.3 Å². The maximum atomic E-state index is 12.9. The first kappa shape index (κ1) is 21.2. The molecule has 0 radical (unpaired) electrons. The number of amides is 1. The minimum absolute atomic E-state index is 0.0173. The lowest BCUT2D eigenvalue weighted by atomic mass is 9.92. The lowest BCUT2D eigenvalue weighted by Crippen LogP contribution is -2.27. The third-order valence-corrected chi connectivity index (χ3v) is 5.57. The molecule has 0 aliphatic heterocycles. The van der Waals surface area contributed by atoms with E-state index in [0.29, 0.717) is 24.5 Å². The molecule has 0 heterocycles. The van der Waals surface area contributed by atoms with Crippen molar-refractivity contribution in [3.8, 4) is 0 Å². The number of carbonyl (C=O) groups is 2. The number of hydrogen-bond donors (Lipinski definition) is 1. The Balaban J connectivity index is 1.83. The molecule has 144 valence electrons. The number of halogens is 1. The van der Waals surface area contributed by atoms with Crippen LogP contribution in [-0.2, 0) is 17.0 Å². The van der Waals surface area contributed by atoms with Crippen LogP contribution in [0.1, 0.15) is 45.1 Å². The number of benzene rings is 2. The molecule has 1 N–H and O–H groups in total. The summed E-state index contributed by atoms with van der Waals surface area (Å²) in [4.78, 5) is 23.9. The van der Waals surface area contributed by atoms with E-state index in [4.69, 9.17) is 0 Å². The number of rotatable bonds is 8. The summed E-state index contributed by atoms with van der Waals surface area (Å²) in [5, 5.41) is 2.89. The van der Waals surface area contributed by atoms with Crippen molar-refractivity contribution in [2.24, 2.45) is 0 Å². The fourth-order valence-corrected chi connectivity index (χ4v) is 4.32. The molecular formula is C22H26FNO2S. The molecule has 0 aliphatic carbocycles. The average molecular weight is 388 g/mol. The Bertz CT molecular complexity index is 831. The van der Waals surface area contributed by atoms with Gasteiger partial charge in [-0.05, 0) is 74.1 Å². The molecule has 0 aliphatic rings. The lowest BCUT2D eigenvalue weighted by molar-refractivity contribution is -0.118. The van der Waals surface area contributed by atoms with Gasteiger partial charge in [-0.2, -0.15) is 0 Å². The molecule has 2 aromatic carbocycles. The molecule has 0 saturated heterocycles. The number of nitrogens with one attached hydrogen (secondary N) is 1. The lowest BCUT2D eigenvalue weighted by Gasteiger charge is -2.15. The third kappa shape index (κ3) is 5.93. The van der Waals surface area contributed by atoms with Gasteiger partial charge in [0.15, 0.2) is 5.78 Å². The van der Waals surface area contributed by atoms with Gasteiger partial charge in [0.1, 0.15) is 5.82 Å². The first-order valence-corrected chi connectivity index (χ1v) is 10.1. The van der Waals surface area contributed by atoms with Crippen molar-refractivity contribution < 1.29 is 14.0 Å². The smallest absolute Gasteiger partial charge is 0.230 e. The molecule has 0 fully saturated rings. The van der Waals surface area contributed by atoms with Gasteiger partial charge < -0.3 is 5.32 Å². The van der Waals surface area contributed by atoms with Gasteiger partial charge in [0.25, 0.3) is 0 Å². The van der Waals surface area contributed by atoms with Crippen LogP contribution in [0.25, 0.3) is 0 Å².